The van der Waals surface area contributed by atoms with Crippen molar-refractivity contribution in [3.8, 4) is 6.07 Å². The second-order valence-corrected chi connectivity index (χ2v) is 5.96. The number of azide groups is 1. The molecule has 1 amide bonds. The van der Waals surface area contributed by atoms with E-state index in [-0.39, 0.29) is 5.91 Å². The van der Waals surface area contributed by atoms with Gasteiger partial charge in [0, 0.05) is 21.8 Å². The van der Waals surface area contributed by atoms with Gasteiger partial charge in [0.15, 0.2) is 0 Å². The minimum Gasteiger partial charge on any atom is -0.322 e. The second kappa shape index (κ2) is 6.86. The Kier molecular flexibility index (Phi) is 4.88. The molecular formula is C18H17N5O. The quantitative estimate of drug-likeness (QED) is 0.487. The predicted octanol–water partition coefficient (Wildman–Crippen LogP) is 4.99. The number of benzene rings is 2. The molecule has 0 saturated heterocycles. The van der Waals surface area contributed by atoms with E-state index in [0.717, 1.165) is 11.1 Å². The number of nitrogens with zero attached hydrogens (tertiary/aromatic N) is 4. The maximum Gasteiger partial charge on any atom is 0.255 e. The average Bonchev–Trinajstić information content (AvgIpc) is 2.57. The number of carbonyl (C=O) groups is 1. The fourth-order valence-electron chi connectivity index (χ4n) is 2.16. The molecule has 6 nitrogen and oxygen atoms in total. The maximum atomic E-state index is 12.4. The van der Waals surface area contributed by atoms with Crippen LogP contribution in [0.3, 0.4) is 0 Å². The molecule has 0 spiro atoms. The van der Waals surface area contributed by atoms with Crippen LogP contribution >= 0.6 is 0 Å². The third-order valence-electron chi connectivity index (χ3n) is 3.75. The molecule has 0 unspecified atom stereocenters. The first-order chi connectivity index (χ1) is 11.4. The summed E-state index contributed by atoms with van der Waals surface area (Å²) in [5.74, 6) is -0.309. The van der Waals surface area contributed by atoms with Gasteiger partial charge in [-0.25, -0.2) is 0 Å². The van der Waals surface area contributed by atoms with E-state index in [1.807, 2.05) is 19.9 Å². The summed E-state index contributed by atoms with van der Waals surface area (Å²) >= 11 is 0. The molecule has 24 heavy (non-hydrogen) atoms. The summed E-state index contributed by atoms with van der Waals surface area (Å²) in [4.78, 5) is 15.2. The summed E-state index contributed by atoms with van der Waals surface area (Å²) in [6, 6.07) is 14.4. The number of rotatable bonds is 4. The largest absolute Gasteiger partial charge is 0.322 e. The minimum absolute atomic E-state index is 0.309. The van der Waals surface area contributed by atoms with E-state index < -0.39 is 5.41 Å². The Morgan fingerprint density at radius 1 is 1.29 bits per heavy atom. The van der Waals surface area contributed by atoms with Gasteiger partial charge in [0.25, 0.3) is 5.91 Å². The molecule has 2 aromatic rings. The van der Waals surface area contributed by atoms with Gasteiger partial charge in [-0.3, -0.25) is 4.79 Å². The standard InChI is InChI=1S/C18H17N5O/c1-12-7-8-13(9-16(12)22-23-20)17(24)21-15-6-4-5-14(10-15)18(2,3)11-19/h4-10H,1-3H3,(H,21,24). The molecule has 6 heteroatoms. The predicted molar refractivity (Wildman–Crippen MR) is 93.0 cm³/mol. The van der Waals surface area contributed by atoms with Crippen LogP contribution in [0, 0.1) is 18.3 Å². The van der Waals surface area contributed by atoms with Gasteiger partial charge in [0.05, 0.1) is 11.5 Å². The highest BCUT2D eigenvalue weighted by molar-refractivity contribution is 6.04. The normalized spacial score (nSPS) is 10.4. The Labute approximate surface area is 140 Å². The molecule has 0 atom stereocenters. The van der Waals surface area contributed by atoms with Crippen LogP contribution in [0.2, 0.25) is 0 Å². The molecule has 2 aromatic carbocycles. The molecule has 0 bridgehead atoms. The Balaban J connectivity index is 2.28. The van der Waals surface area contributed by atoms with Crippen molar-refractivity contribution in [1.29, 1.82) is 5.26 Å². The van der Waals surface area contributed by atoms with Gasteiger partial charge in [-0.2, -0.15) is 5.26 Å². The molecular weight excluding hydrogens is 302 g/mol. The molecule has 0 fully saturated rings. The first kappa shape index (κ1) is 17.1. The highest BCUT2D eigenvalue weighted by Crippen LogP contribution is 2.25. The van der Waals surface area contributed by atoms with Crippen LogP contribution in [0.15, 0.2) is 47.6 Å². The summed E-state index contributed by atoms with van der Waals surface area (Å²) in [5.41, 5.74) is 11.0. The number of anilines is 1. The molecule has 1 N–H and O–H groups in total. The number of hydrogen-bond acceptors (Lipinski definition) is 3. The SMILES string of the molecule is Cc1ccc(C(=O)Nc2cccc(C(C)(C)C#N)c2)cc1N=[N+]=[N-]. The van der Waals surface area contributed by atoms with E-state index in [2.05, 4.69) is 21.4 Å². The number of nitriles is 1. The molecule has 0 radical (unpaired) electrons. The lowest BCUT2D eigenvalue weighted by atomic mass is 9.86. The molecule has 120 valence electrons. The van der Waals surface area contributed by atoms with Gasteiger partial charge in [0.1, 0.15) is 0 Å². The van der Waals surface area contributed by atoms with E-state index in [4.69, 9.17) is 5.53 Å². The van der Waals surface area contributed by atoms with Crippen molar-refractivity contribution in [2.24, 2.45) is 5.11 Å². The number of nitrogens with one attached hydrogen (secondary N) is 1. The Bertz CT molecular complexity index is 873. The highest BCUT2D eigenvalue weighted by Gasteiger charge is 2.20. The molecule has 0 aromatic heterocycles. The Morgan fingerprint density at radius 3 is 2.71 bits per heavy atom. The van der Waals surface area contributed by atoms with Gasteiger partial charge in [-0.15, -0.1) is 0 Å². The van der Waals surface area contributed by atoms with Crippen LogP contribution < -0.4 is 5.32 Å². The van der Waals surface area contributed by atoms with Crippen molar-refractivity contribution in [1.82, 2.24) is 0 Å². The van der Waals surface area contributed by atoms with Gasteiger partial charge < -0.3 is 5.32 Å². The van der Waals surface area contributed by atoms with E-state index in [0.29, 0.717) is 16.9 Å². The first-order valence-corrected chi connectivity index (χ1v) is 7.36. The number of carbonyl (C=O) groups excluding carboxylic acids is 1. The van der Waals surface area contributed by atoms with Crippen molar-refractivity contribution < 1.29 is 4.79 Å². The lowest BCUT2D eigenvalue weighted by molar-refractivity contribution is 0.102. The second-order valence-electron chi connectivity index (χ2n) is 5.96. The third kappa shape index (κ3) is 3.72. The van der Waals surface area contributed by atoms with E-state index in [9.17, 15) is 10.1 Å². The first-order valence-electron chi connectivity index (χ1n) is 7.36. The van der Waals surface area contributed by atoms with Crippen molar-refractivity contribution in [2.45, 2.75) is 26.2 Å². The number of aryl methyl sites for hydroxylation is 1. The lowest BCUT2D eigenvalue weighted by Gasteiger charge is -2.17. The zero-order valence-electron chi connectivity index (χ0n) is 13.7. The summed E-state index contributed by atoms with van der Waals surface area (Å²) in [6.45, 7) is 5.44. The van der Waals surface area contributed by atoms with Gasteiger partial charge in [-0.1, -0.05) is 23.3 Å². The summed E-state index contributed by atoms with van der Waals surface area (Å²) in [5, 5.41) is 15.6. The molecule has 0 saturated carbocycles. The van der Waals surface area contributed by atoms with Crippen LogP contribution in [0.4, 0.5) is 11.4 Å². The fourth-order valence-corrected chi connectivity index (χ4v) is 2.16. The molecule has 0 aliphatic rings. The minimum atomic E-state index is -0.640. The van der Waals surface area contributed by atoms with Crippen LogP contribution in [-0.4, -0.2) is 5.91 Å². The molecule has 0 aliphatic heterocycles. The van der Waals surface area contributed by atoms with Gasteiger partial charge >= 0.3 is 0 Å². The smallest absolute Gasteiger partial charge is 0.255 e. The Morgan fingerprint density at radius 2 is 2.04 bits per heavy atom. The molecule has 0 heterocycles. The fraction of sp³-hybridized carbons (Fsp3) is 0.222. The van der Waals surface area contributed by atoms with Crippen molar-refractivity contribution in [3.05, 3.63) is 69.6 Å². The summed E-state index contributed by atoms with van der Waals surface area (Å²) in [7, 11) is 0. The molecule has 0 aliphatic carbocycles. The van der Waals surface area contributed by atoms with E-state index in [1.54, 1.807) is 43.3 Å². The third-order valence-corrected chi connectivity index (χ3v) is 3.75. The zero-order chi connectivity index (χ0) is 17.7. The zero-order valence-corrected chi connectivity index (χ0v) is 13.7. The van der Waals surface area contributed by atoms with Crippen molar-refractivity contribution in [2.75, 3.05) is 5.32 Å². The molecule has 2 rings (SSSR count). The average molecular weight is 319 g/mol. The maximum absolute atomic E-state index is 12.4. The van der Waals surface area contributed by atoms with Crippen LogP contribution in [-0.2, 0) is 5.41 Å². The van der Waals surface area contributed by atoms with E-state index in [1.165, 1.54) is 0 Å². The Hall–Kier alpha value is -3.29. The van der Waals surface area contributed by atoms with E-state index >= 15 is 0 Å². The number of hydrogen-bond donors (Lipinski definition) is 1. The van der Waals surface area contributed by atoms with Crippen LogP contribution in [0.5, 0.6) is 0 Å². The van der Waals surface area contributed by atoms with Crippen LogP contribution in [0.1, 0.15) is 35.3 Å². The monoisotopic (exact) mass is 319 g/mol. The number of amides is 1. The van der Waals surface area contributed by atoms with Crippen molar-refractivity contribution in [3.63, 3.8) is 0 Å². The van der Waals surface area contributed by atoms with Gasteiger partial charge in [-0.05, 0) is 61.7 Å². The summed E-state index contributed by atoms with van der Waals surface area (Å²) < 4.78 is 0. The van der Waals surface area contributed by atoms with Crippen LogP contribution in [0.25, 0.3) is 10.4 Å². The highest BCUT2D eigenvalue weighted by atomic mass is 16.1. The van der Waals surface area contributed by atoms with Gasteiger partial charge in [0.2, 0.25) is 0 Å². The topological polar surface area (TPSA) is 102 Å². The lowest BCUT2D eigenvalue weighted by Crippen LogP contribution is -2.16. The summed E-state index contributed by atoms with van der Waals surface area (Å²) in [6.07, 6.45) is 0. The van der Waals surface area contributed by atoms with Crippen molar-refractivity contribution >= 4 is 17.3 Å².